The molecule has 1 fully saturated rings. The minimum Gasteiger partial charge on any atom is -0.247 e. The number of hydrogen-bond acceptors (Lipinski definition) is 1. The maximum Gasteiger partial charge on any atom is 0.294 e. The third-order valence-electron chi connectivity index (χ3n) is 2.47. The summed E-state index contributed by atoms with van der Waals surface area (Å²) >= 11 is 0. The number of hydrogen-bond donors (Lipinski definition) is 0. The normalized spacial score (nSPS) is 27.3. The van der Waals surface area contributed by atoms with Gasteiger partial charge in [-0.05, 0) is 18.3 Å². The van der Waals surface area contributed by atoms with E-state index in [1.807, 2.05) is 0 Å². The second kappa shape index (κ2) is 3.48. The van der Waals surface area contributed by atoms with Gasteiger partial charge in [0.2, 0.25) is 0 Å². The number of rotatable bonds is 2. The maximum atomic E-state index is 12.1. The Hall–Kier alpha value is -0.180. The van der Waals surface area contributed by atoms with E-state index in [4.69, 9.17) is 0 Å². The van der Waals surface area contributed by atoms with Crippen molar-refractivity contribution in [2.45, 2.75) is 26.8 Å². The first-order chi connectivity index (χ1) is 5.11. The zero-order chi connectivity index (χ0) is 8.43. The van der Waals surface area contributed by atoms with Gasteiger partial charge < -0.3 is 0 Å². The van der Waals surface area contributed by atoms with Crippen LogP contribution in [-0.4, -0.2) is 24.5 Å². The maximum absolute atomic E-state index is 12.1. The fourth-order valence-corrected chi connectivity index (χ4v) is 1.54. The molecule has 0 saturated carbocycles. The third-order valence-corrected chi connectivity index (χ3v) is 2.47. The van der Waals surface area contributed by atoms with Gasteiger partial charge in [-0.2, -0.15) is 8.78 Å². The van der Waals surface area contributed by atoms with Crippen LogP contribution < -0.4 is 0 Å². The van der Waals surface area contributed by atoms with Crippen molar-refractivity contribution in [3.8, 4) is 0 Å². The minimum atomic E-state index is -2.25. The van der Waals surface area contributed by atoms with Crippen molar-refractivity contribution in [1.82, 2.24) is 4.90 Å². The van der Waals surface area contributed by atoms with Crippen LogP contribution in [0.5, 0.6) is 0 Å². The number of nitrogens with zero attached hydrogens (tertiary/aromatic N) is 1. The van der Waals surface area contributed by atoms with E-state index in [1.165, 1.54) is 4.90 Å². The molecule has 0 amide bonds. The molecule has 11 heavy (non-hydrogen) atoms. The Kier molecular flexibility index (Phi) is 2.82. The smallest absolute Gasteiger partial charge is 0.247 e. The average molecular weight is 163 g/mol. The van der Waals surface area contributed by atoms with E-state index < -0.39 is 6.55 Å². The molecule has 0 spiro atoms. The van der Waals surface area contributed by atoms with Gasteiger partial charge in [-0.1, -0.05) is 13.8 Å². The van der Waals surface area contributed by atoms with Crippen LogP contribution >= 0.6 is 0 Å². The molecule has 0 bridgehead atoms. The first-order valence-corrected chi connectivity index (χ1v) is 4.13. The molecule has 1 atom stereocenters. The van der Waals surface area contributed by atoms with Crippen LogP contribution in [0.1, 0.15) is 20.3 Å². The molecule has 1 aliphatic rings. The molecule has 0 aromatic carbocycles. The molecule has 0 N–H and O–H groups in total. The van der Waals surface area contributed by atoms with Gasteiger partial charge in [0.15, 0.2) is 0 Å². The second-order valence-electron chi connectivity index (χ2n) is 3.57. The summed E-state index contributed by atoms with van der Waals surface area (Å²) in [7, 11) is 0. The van der Waals surface area contributed by atoms with E-state index in [1.54, 1.807) is 0 Å². The predicted octanol–water partition coefficient (Wildman–Crippen LogP) is 2.19. The van der Waals surface area contributed by atoms with Crippen LogP contribution in [0.3, 0.4) is 0 Å². The minimum absolute atomic E-state index is 0.476. The zero-order valence-corrected chi connectivity index (χ0v) is 7.06. The lowest BCUT2D eigenvalue weighted by Crippen LogP contribution is -2.26. The molecule has 1 unspecified atom stereocenters. The number of likely N-dealkylation sites (tertiary alicyclic amines) is 1. The monoisotopic (exact) mass is 163 g/mol. The lowest BCUT2D eigenvalue weighted by atomic mass is 9.95. The van der Waals surface area contributed by atoms with Crippen LogP contribution in [0.25, 0.3) is 0 Å². The highest BCUT2D eigenvalue weighted by molar-refractivity contribution is 4.76. The van der Waals surface area contributed by atoms with Gasteiger partial charge in [-0.15, -0.1) is 0 Å². The standard InChI is InChI=1S/C8H15F2N/c1-6(2)7-3-4-11(5-7)8(9)10/h6-8H,3-5H2,1-2H3. The molecular formula is C8H15F2N. The average Bonchev–Trinajstić information content (AvgIpc) is 2.33. The molecule has 0 radical (unpaired) electrons. The Bertz CT molecular complexity index is 111. The Morgan fingerprint density at radius 1 is 1.36 bits per heavy atom. The van der Waals surface area contributed by atoms with Gasteiger partial charge in [-0.3, -0.25) is 0 Å². The first kappa shape index (κ1) is 8.91. The molecule has 0 aromatic heterocycles. The number of halogens is 2. The molecule has 1 nitrogen and oxygen atoms in total. The van der Waals surface area contributed by atoms with E-state index in [-0.39, 0.29) is 0 Å². The highest BCUT2D eigenvalue weighted by Crippen LogP contribution is 2.25. The highest BCUT2D eigenvalue weighted by Gasteiger charge is 2.29. The van der Waals surface area contributed by atoms with Gasteiger partial charge >= 0.3 is 0 Å². The molecular weight excluding hydrogens is 148 g/mol. The summed E-state index contributed by atoms with van der Waals surface area (Å²) in [6, 6.07) is 0. The third kappa shape index (κ3) is 2.12. The van der Waals surface area contributed by atoms with Gasteiger partial charge in [0.25, 0.3) is 6.55 Å². The van der Waals surface area contributed by atoms with E-state index in [0.29, 0.717) is 24.9 Å². The van der Waals surface area contributed by atoms with Crippen molar-refractivity contribution < 1.29 is 8.78 Å². The SMILES string of the molecule is CC(C)C1CCN(C(F)F)C1. The lowest BCUT2D eigenvalue weighted by molar-refractivity contribution is -0.0143. The van der Waals surface area contributed by atoms with Crippen molar-refractivity contribution in [1.29, 1.82) is 0 Å². The molecule has 1 saturated heterocycles. The van der Waals surface area contributed by atoms with Crippen LogP contribution in [0.2, 0.25) is 0 Å². The molecule has 1 aliphatic heterocycles. The second-order valence-corrected chi connectivity index (χ2v) is 3.57. The summed E-state index contributed by atoms with van der Waals surface area (Å²) in [5, 5.41) is 0. The van der Waals surface area contributed by atoms with Crippen LogP contribution in [-0.2, 0) is 0 Å². The summed E-state index contributed by atoms with van der Waals surface area (Å²) < 4.78 is 24.2. The van der Waals surface area contributed by atoms with Crippen molar-refractivity contribution in [3.63, 3.8) is 0 Å². The Labute approximate surface area is 66.4 Å². The molecule has 1 heterocycles. The van der Waals surface area contributed by atoms with Gasteiger partial charge in [0.1, 0.15) is 0 Å². The highest BCUT2D eigenvalue weighted by atomic mass is 19.3. The molecule has 3 heteroatoms. The fourth-order valence-electron chi connectivity index (χ4n) is 1.54. The van der Waals surface area contributed by atoms with Gasteiger partial charge in [0.05, 0.1) is 0 Å². The summed E-state index contributed by atoms with van der Waals surface area (Å²) in [4.78, 5) is 1.25. The summed E-state index contributed by atoms with van der Waals surface area (Å²) in [6.07, 6.45) is 0.933. The molecule has 66 valence electrons. The zero-order valence-electron chi connectivity index (χ0n) is 7.06. The fraction of sp³-hybridized carbons (Fsp3) is 1.00. The van der Waals surface area contributed by atoms with E-state index in [0.717, 1.165) is 6.42 Å². The summed E-state index contributed by atoms with van der Waals surface area (Å²) in [5.74, 6) is 1.02. The Morgan fingerprint density at radius 2 is 2.00 bits per heavy atom. The molecule has 0 aromatic rings. The van der Waals surface area contributed by atoms with Crippen molar-refractivity contribution >= 4 is 0 Å². The molecule has 0 aliphatic carbocycles. The lowest BCUT2D eigenvalue weighted by Gasteiger charge is -2.16. The van der Waals surface area contributed by atoms with E-state index in [2.05, 4.69) is 13.8 Å². The molecule has 1 rings (SSSR count). The topological polar surface area (TPSA) is 3.24 Å². The first-order valence-electron chi connectivity index (χ1n) is 4.13. The summed E-state index contributed by atoms with van der Waals surface area (Å²) in [5.41, 5.74) is 0. The van der Waals surface area contributed by atoms with E-state index in [9.17, 15) is 8.78 Å². The van der Waals surface area contributed by atoms with Gasteiger partial charge in [0, 0.05) is 13.1 Å². The van der Waals surface area contributed by atoms with Crippen LogP contribution in [0.4, 0.5) is 8.78 Å². The Morgan fingerprint density at radius 3 is 2.27 bits per heavy atom. The van der Waals surface area contributed by atoms with Gasteiger partial charge in [-0.25, -0.2) is 4.90 Å². The summed E-state index contributed by atoms with van der Waals surface area (Å²) in [6.45, 7) is 3.09. The number of alkyl halides is 2. The van der Waals surface area contributed by atoms with Crippen molar-refractivity contribution in [3.05, 3.63) is 0 Å². The quantitative estimate of drug-likeness (QED) is 0.564. The van der Waals surface area contributed by atoms with Crippen molar-refractivity contribution in [2.75, 3.05) is 13.1 Å². The van der Waals surface area contributed by atoms with Crippen LogP contribution in [0.15, 0.2) is 0 Å². The van der Waals surface area contributed by atoms with Crippen molar-refractivity contribution in [2.24, 2.45) is 11.8 Å². The van der Waals surface area contributed by atoms with Crippen LogP contribution in [0, 0.1) is 11.8 Å². The Balaban J connectivity index is 2.35. The largest absolute Gasteiger partial charge is 0.294 e. The predicted molar refractivity (Wildman–Crippen MR) is 40.5 cm³/mol. The van der Waals surface area contributed by atoms with E-state index >= 15 is 0 Å².